The van der Waals surface area contributed by atoms with Gasteiger partial charge in [-0.05, 0) is 37.1 Å². The first kappa shape index (κ1) is 19.6. The van der Waals surface area contributed by atoms with E-state index in [4.69, 9.17) is 5.73 Å². The van der Waals surface area contributed by atoms with Crippen molar-refractivity contribution in [1.82, 2.24) is 0 Å². The number of amides is 2. The van der Waals surface area contributed by atoms with Gasteiger partial charge in [0.05, 0.1) is 11.3 Å². The Labute approximate surface area is 158 Å². The van der Waals surface area contributed by atoms with Gasteiger partial charge in [0.25, 0.3) is 5.91 Å². The Bertz CT molecular complexity index is 936. The van der Waals surface area contributed by atoms with Crippen LogP contribution < -0.4 is 11.1 Å². The molecule has 0 fully saturated rings. The fraction of sp³-hybridized carbons (Fsp3) is 0.250. The van der Waals surface area contributed by atoms with Crippen LogP contribution in [0.15, 0.2) is 28.7 Å². The predicted octanol–water partition coefficient (Wildman–Crippen LogP) is 2.78. The predicted molar refractivity (Wildman–Crippen MR) is 103 cm³/mol. The van der Waals surface area contributed by atoms with Gasteiger partial charge in [-0.15, -0.1) is 11.3 Å². The summed E-state index contributed by atoms with van der Waals surface area (Å²) in [4.78, 5) is 24.5. The van der Waals surface area contributed by atoms with Crippen molar-refractivity contribution < 1.29 is 18.0 Å². The van der Waals surface area contributed by atoms with Crippen LogP contribution >= 0.6 is 27.3 Å². The molecule has 134 valence electrons. The molecule has 1 aromatic heterocycles. The highest BCUT2D eigenvalue weighted by Crippen LogP contribution is 2.32. The fourth-order valence-electron chi connectivity index (χ4n) is 2.31. The summed E-state index contributed by atoms with van der Waals surface area (Å²) in [6.07, 6.45) is 0. The number of hydrogen-bond acceptors (Lipinski definition) is 5. The molecule has 0 aliphatic heterocycles. The molecule has 6 nitrogen and oxygen atoms in total. The Kier molecular flexibility index (Phi) is 6.02. The van der Waals surface area contributed by atoms with Crippen molar-refractivity contribution in [2.75, 3.05) is 11.1 Å². The number of thiophene rings is 1. The van der Waals surface area contributed by atoms with Crippen LogP contribution in [0.4, 0.5) is 5.00 Å². The van der Waals surface area contributed by atoms with Crippen molar-refractivity contribution in [3.63, 3.8) is 0 Å². The van der Waals surface area contributed by atoms with Crippen LogP contribution in [0.25, 0.3) is 0 Å². The van der Waals surface area contributed by atoms with Crippen molar-refractivity contribution in [1.29, 1.82) is 0 Å². The maximum absolute atomic E-state index is 12.2. The molecule has 0 atom stereocenters. The summed E-state index contributed by atoms with van der Waals surface area (Å²) in [5.41, 5.74) is 6.84. The van der Waals surface area contributed by atoms with Crippen molar-refractivity contribution in [2.24, 2.45) is 5.73 Å². The van der Waals surface area contributed by atoms with E-state index in [1.807, 2.05) is 0 Å². The molecule has 1 aromatic carbocycles. The summed E-state index contributed by atoms with van der Waals surface area (Å²) in [6, 6.07) is 6.88. The maximum atomic E-state index is 12.2. The highest BCUT2D eigenvalue weighted by Gasteiger charge is 2.22. The summed E-state index contributed by atoms with van der Waals surface area (Å²) in [5.74, 6) is -2.27. The minimum absolute atomic E-state index is 0.222. The van der Waals surface area contributed by atoms with E-state index < -0.39 is 27.4 Å². The lowest BCUT2D eigenvalue weighted by atomic mass is 10.1. The number of carbonyl (C=O) groups excluding carboxylic acids is 2. The number of rotatable bonds is 6. The molecule has 0 unspecified atom stereocenters. The van der Waals surface area contributed by atoms with E-state index in [0.29, 0.717) is 11.1 Å². The highest BCUT2D eigenvalue weighted by atomic mass is 79.9. The molecule has 0 saturated heterocycles. The lowest BCUT2D eigenvalue weighted by Gasteiger charge is -2.07. The minimum atomic E-state index is -3.65. The number of hydrogen-bond donors (Lipinski definition) is 2. The van der Waals surface area contributed by atoms with Gasteiger partial charge in [0.1, 0.15) is 10.8 Å². The van der Waals surface area contributed by atoms with E-state index >= 15 is 0 Å². The van der Waals surface area contributed by atoms with Gasteiger partial charge in [-0.25, -0.2) is 8.42 Å². The Morgan fingerprint density at radius 1 is 1.28 bits per heavy atom. The molecule has 0 aliphatic rings. The Morgan fingerprint density at radius 2 is 1.96 bits per heavy atom. The average Bonchev–Trinajstić information content (AvgIpc) is 2.71. The van der Waals surface area contributed by atoms with E-state index in [1.165, 1.54) is 11.3 Å². The molecular weight excluding hydrogens is 428 g/mol. The van der Waals surface area contributed by atoms with Crippen LogP contribution in [0.2, 0.25) is 0 Å². The zero-order chi connectivity index (χ0) is 18.8. The quantitative estimate of drug-likeness (QED) is 0.713. The lowest BCUT2D eigenvalue weighted by Crippen LogP contribution is -2.25. The van der Waals surface area contributed by atoms with E-state index in [0.717, 1.165) is 9.35 Å². The van der Waals surface area contributed by atoms with Crippen molar-refractivity contribution in [3.05, 3.63) is 50.3 Å². The Morgan fingerprint density at radius 3 is 2.56 bits per heavy atom. The van der Waals surface area contributed by atoms with Crippen molar-refractivity contribution >= 4 is 53.9 Å². The van der Waals surface area contributed by atoms with Crippen LogP contribution in [0, 0.1) is 13.8 Å². The van der Waals surface area contributed by atoms with Crippen LogP contribution in [0.3, 0.4) is 0 Å². The third-order valence-electron chi connectivity index (χ3n) is 3.51. The SMILES string of the molecule is Cc1sc(NC(=O)CS(=O)(=O)Cc2cccc(Br)c2)c(C(N)=O)c1C. The van der Waals surface area contributed by atoms with Crippen molar-refractivity contribution in [2.45, 2.75) is 19.6 Å². The topological polar surface area (TPSA) is 106 Å². The summed E-state index contributed by atoms with van der Waals surface area (Å²) in [5, 5.41) is 2.78. The number of carbonyl (C=O) groups is 2. The smallest absolute Gasteiger partial charge is 0.251 e. The molecule has 2 rings (SSSR count). The van der Waals surface area contributed by atoms with Crippen molar-refractivity contribution in [3.8, 4) is 0 Å². The number of nitrogens with two attached hydrogens (primary N) is 1. The second-order valence-electron chi connectivity index (χ2n) is 5.56. The first-order valence-electron chi connectivity index (χ1n) is 7.23. The summed E-state index contributed by atoms with van der Waals surface area (Å²) in [7, 11) is -3.65. The minimum Gasteiger partial charge on any atom is -0.365 e. The molecule has 0 radical (unpaired) electrons. The summed E-state index contributed by atoms with van der Waals surface area (Å²) in [6.45, 7) is 3.53. The number of aryl methyl sites for hydroxylation is 1. The van der Waals surface area contributed by atoms with Crippen LogP contribution in [-0.4, -0.2) is 26.0 Å². The van der Waals surface area contributed by atoms with E-state index in [-0.39, 0.29) is 16.3 Å². The first-order chi connectivity index (χ1) is 11.6. The Hall–Kier alpha value is -1.71. The first-order valence-corrected chi connectivity index (χ1v) is 10.7. The van der Waals surface area contributed by atoms with Gasteiger partial charge in [0.15, 0.2) is 9.84 Å². The highest BCUT2D eigenvalue weighted by molar-refractivity contribution is 9.10. The molecule has 3 N–H and O–H groups in total. The number of primary amides is 1. The molecular formula is C16H17BrN2O4S2. The monoisotopic (exact) mass is 444 g/mol. The van der Waals surface area contributed by atoms with E-state index in [1.54, 1.807) is 38.1 Å². The fourth-order valence-corrected chi connectivity index (χ4v) is 5.10. The molecule has 0 saturated carbocycles. The molecule has 1 heterocycles. The standard InChI is InChI=1S/C16H17BrN2O4S2/c1-9-10(2)24-16(14(9)15(18)21)19-13(20)8-25(22,23)7-11-4-3-5-12(17)6-11/h3-6H,7-8H2,1-2H3,(H2,18,21)(H,19,20). The van der Waals surface area contributed by atoms with Gasteiger partial charge in [-0.1, -0.05) is 28.1 Å². The number of sulfone groups is 1. The normalized spacial score (nSPS) is 11.3. The van der Waals surface area contributed by atoms with Gasteiger partial charge < -0.3 is 11.1 Å². The Balaban J connectivity index is 2.12. The molecule has 25 heavy (non-hydrogen) atoms. The average molecular weight is 445 g/mol. The molecule has 0 spiro atoms. The lowest BCUT2D eigenvalue weighted by molar-refractivity contribution is -0.113. The second-order valence-corrected chi connectivity index (χ2v) is 9.77. The molecule has 0 bridgehead atoms. The summed E-state index contributed by atoms with van der Waals surface area (Å²) >= 11 is 4.47. The zero-order valence-corrected chi connectivity index (χ0v) is 16.8. The van der Waals surface area contributed by atoms with Gasteiger partial charge >= 0.3 is 0 Å². The van der Waals surface area contributed by atoms with Gasteiger partial charge in [-0.2, -0.15) is 0 Å². The van der Waals surface area contributed by atoms with Gasteiger partial charge in [0, 0.05) is 9.35 Å². The maximum Gasteiger partial charge on any atom is 0.251 e. The zero-order valence-electron chi connectivity index (χ0n) is 13.6. The number of halogens is 1. The number of nitrogens with one attached hydrogen (secondary N) is 1. The second kappa shape index (κ2) is 7.67. The van der Waals surface area contributed by atoms with E-state index in [2.05, 4.69) is 21.2 Å². The third-order valence-corrected chi connectivity index (χ3v) is 6.60. The van der Waals surface area contributed by atoms with Gasteiger partial charge in [0.2, 0.25) is 5.91 Å². The molecule has 9 heteroatoms. The third kappa shape index (κ3) is 5.13. The number of anilines is 1. The van der Waals surface area contributed by atoms with E-state index in [9.17, 15) is 18.0 Å². The van der Waals surface area contributed by atoms with Gasteiger partial charge in [-0.3, -0.25) is 9.59 Å². The van der Waals surface area contributed by atoms with Crippen LogP contribution in [-0.2, 0) is 20.4 Å². The molecule has 2 aromatic rings. The van der Waals surface area contributed by atoms with Crippen LogP contribution in [0.1, 0.15) is 26.4 Å². The molecule has 0 aliphatic carbocycles. The number of benzene rings is 1. The largest absolute Gasteiger partial charge is 0.365 e. The molecule has 2 amide bonds. The summed E-state index contributed by atoms with van der Waals surface area (Å²) < 4.78 is 25.2. The van der Waals surface area contributed by atoms with Crippen LogP contribution in [0.5, 0.6) is 0 Å².